The van der Waals surface area contributed by atoms with E-state index < -0.39 is 0 Å². The predicted octanol–water partition coefficient (Wildman–Crippen LogP) is 3.24. The minimum atomic E-state index is 0.265. The van der Waals surface area contributed by atoms with E-state index in [9.17, 15) is 5.11 Å². The molecule has 0 radical (unpaired) electrons. The van der Waals surface area contributed by atoms with Crippen molar-refractivity contribution in [2.24, 2.45) is 5.10 Å². The van der Waals surface area contributed by atoms with Gasteiger partial charge >= 0.3 is 0 Å². The molecule has 1 aromatic rings. The van der Waals surface area contributed by atoms with Gasteiger partial charge in [-0.1, -0.05) is 31.5 Å². The second kappa shape index (κ2) is 13.1. The number of nitrogens with two attached hydrogens (primary N) is 1. The van der Waals surface area contributed by atoms with Crippen molar-refractivity contribution >= 4 is 40.3 Å². The molecule has 0 fully saturated rings. The molecule has 28 heavy (non-hydrogen) atoms. The third-order valence-corrected chi connectivity index (χ3v) is 4.46. The number of aliphatic hydroxyl groups excluding tert-OH is 1. The van der Waals surface area contributed by atoms with Gasteiger partial charge in [0.05, 0.1) is 16.4 Å². The molecule has 9 heteroatoms. The van der Waals surface area contributed by atoms with E-state index in [1.54, 1.807) is 30.5 Å². The average Bonchev–Trinajstić information content (AvgIpc) is 2.68. The van der Waals surface area contributed by atoms with Crippen LogP contribution in [0, 0.1) is 0 Å². The Morgan fingerprint density at radius 2 is 2.21 bits per heavy atom. The molecule has 0 spiro atoms. The zero-order valence-corrected chi connectivity index (χ0v) is 18.1. The molecular formula is C19H29ClN6OS. The Balaban J connectivity index is 2.53. The molecule has 0 aromatic carbocycles. The number of nitrogens with one attached hydrogen (secondary N) is 2. The highest BCUT2D eigenvalue weighted by atomic mass is 35.5. The lowest BCUT2D eigenvalue weighted by Gasteiger charge is -2.19. The smallest absolute Gasteiger partial charge is 0.187 e. The fraction of sp³-hybridized carbons (Fsp3) is 0.421. The molecule has 0 unspecified atom stereocenters. The van der Waals surface area contributed by atoms with Gasteiger partial charge in [0.15, 0.2) is 5.11 Å². The molecule has 0 aliphatic rings. The quantitative estimate of drug-likeness (QED) is 0.150. The molecule has 0 bridgehead atoms. The number of thiocarbonyl (C=S) groups is 1. The molecule has 5 N–H and O–H groups in total. The van der Waals surface area contributed by atoms with Crippen molar-refractivity contribution in [2.75, 3.05) is 31.9 Å². The largest absolute Gasteiger partial charge is 0.508 e. The summed E-state index contributed by atoms with van der Waals surface area (Å²) >= 11 is 11.3. The summed E-state index contributed by atoms with van der Waals surface area (Å²) < 4.78 is 0. The summed E-state index contributed by atoms with van der Waals surface area (Å²) in [6.07, 6.45) is 7.46. The van der Waals surface area contributed by atoms with Crippen LogP contribution in [0.3, 0.4) is 0 Å². The number of likely N-dealkylation sites (N-methyl/N-ethyl adjacent to an activating group) is 1. The van der Waals surface area contributed by atoms with E-state index in [-0.39, 0.29) is 5.76 Å². The van der Waals surface area contributed by atoms with Gasteiger partial charge in [-0.2, -0.15) is 5.10 Å². The highest BCUT2D eigenvalue weighted by Gasteiger charge is 2.10. The van der Waals surface area contributed by atoms with E-state index in [4.69, 9.17) is 29.6 Å². The molecule has 0 atom stereocenters. The maximum Gasteiger partial charge on any atom is 0.187 e. The first-order chi connectivity index (χ1) is 13.4. The lowest BCUT2D eigenvalue weighted by atomic mass is 10.1. The van der Waals surface area contributed by atoms with Crippen molar-refractivity contribution in [3.63, 3.8) is 0 Å². The molecule has 154 valence electrons. The number of hydrogen-bond acceptors (Lipinski definition) is 6. The summed E-state index contributed by atoms with van der Waals surface area (Å²) in [4.78, 5) is 6.42. The van der Waals surface area contributed by atoms with Gasteiger partial charge in [-0.05, 0) is 50.3 Å². The topological polar surface area (TPSA) is 98.8 Å². The van der Waals surface area contributed by atoms with Crippen LogP contribution in [0.5, 0.6) is 0 Å². The van der Waals surface area contributed by atoms with Crippen molar-refractivity contribution in [3.8, 4) is 0 Å². The summed E-state index contributed by atoms with van der Waals surface area (Å²) in [5.74, 6) is 0.265. The Morgan fingerprint density at radius 3 is 2.86 bits per heavy atom. The monoisotopic (exact) mass is 424 g/mol. The number of rotatable bonds is 10. The summed E-state index contributed by atoms with van der Waals surface area (Å²) in [5, 5.41) is 17.9. The summed E-state index contributed by atoms with van der Waals surface area (Å²) in [6.45, 7) is 8.82. The Morgan fingerprint density at radius 1 is 1.46 bits per heavy atom. The Hall–Kier alpha value is -2.16. The van der Waals surface area contributed by atoms with Crippen LogP contribution in [0.2, 0.25) is 5.02 Å². The first-order valence-electron chi connectivity index (χ1n) is 9.17. The number of aliphatic hydroxyl groups is 1. The number of hydrogen-bond donors (Lipinski definition) is 4. The van der Waals surface area contributed by atoms with E-state index in [0.717, 1.165) is 13.1 Å². The molecule has 0 saturated heterocycles. The van der Waals surface area contributed by atoms with Gasteiger partial charge in [0.25, 0.3) is 0 Å². The Bertz CT molecular complexity index is 735. The van der Waals surface area contributed by atoms with Crippen LogP contribution in [-0.2, 0) is 0 Å². The van der Waals surface area contributed by atoms with Gasteiger partial charge in [-0.15, -0.1) is 0 Å². The molecule has 7 nitrogen and oxygen atoms in total. The van der Waals surface area contributed by atoms with Crippen molar-refractivity contribution in [3.05, 3.63) is 47.0 Å². The molecule has 1 heterocycles. The summed E-state index contributed by atoms with van der Waals surface area (Å²) in [7, 11) is 0. The lowest BCUT2D eigenvalue weighted by Crippen LogP contribution is -2.39. The van der Waals surface area contributed by atoms with Crippen LogP contribution in [0.25, 0.3) is 0 Å². The van der Waals surface area contributed by atoms with E-state index in [1.165, 1.54) is 0 Å². The van der Waals surface area contributed by atoms with Crippen LogP contribution in [0.1, 0.15) is 32.9 Å². The third kappa shape index (κ3) is 8.24. The fourth-order valence-electron chi connectivity index (χ4n) is 2.30. The number of hydrazone groups is 1. The van der Waals surface area contributed by atoms with Gasteiger partial charge < -0.3 is 16.2 Å². The maximum atomic E-state index is 9.65. The van der Waals surface area contributed by atoms with E-state index in [2.05, 4.69) is 32.7 Å². The second-order valence-electron chi connectivity index (χ2n) is 5.86. The first-order valence-corrected chi connectivity index (χ1v) is 9.96. The average molecular weight is 425 g/mol. The van der Waals surface area contributed by atoms with Gasteiger partial charge in [0.2, 0.25) is 0 Å². The van der Waals surface area contributed by atoms with E-state index >= 15 is 0 Å². The number of allylic oxidation sites excluding steroid dienone is 2. The summed E-state index contributed by atoms with van der Waals surface area (Å²) in [5.41, 5.74) is 10.4. The van der Waals surface area contributed by atoms with Crippen molar-refractivity contribution < 1.29 is 5.11 Å². The van der Waals surface area contributed by atoms with Crippen LogP contribution in [-0.4, -0.2) is 52.0 Å². The normalized spacial score (nSPS) is 12.6. The van der Waals surface area contributed by atoms with E-state index in [1.807, 2.05) is 13.8 Å². The van der Waals surface area contributed by atoms with Crippen LogP contribution >= 0.6 is 23.8 Å². The number of aromatic nitrogens is 1. The number of nitrogens with zero attached hydrogens (tertiary/aromatic N) is 3. The minimum Gasteiger partial charge on any atom is -0.508 e. The molecule has 1 rings (SSSR count). The molecule has 0 saturated carbocycles. The predicted molar refractivity (Wildman–Crippen MR) is 122 cm³/mol. The number of nitrogen functional groups attached to an aromatic ring is 1. The second-order valence-corrected chi connectivity index (χ2v) is 6.67. The Labute approximate surface area is 177 Å². The SMILES string of the molecule is C/C=C\C(O)=C/CN(CC)CCNC(=S)N/N=C(/CC)c1nccc(Cl)c1N. The van der Waals surface area contributed by atoms with Crippen molar-refractivity contribution in [1.82, 2.24) is 20.6 Å². The van der Waals surface area contributed by atoms with Crippen LogP contribution < -0.4 is 16.5 Å². The summed E-state index contributed by atoms with van der Waals surface area (Å²) in [6, 6.07) is 1.64. The minimum absolute atomic E-state index is 0.265. The van der Waals surface area contributed by atoms with Gasteiger partial charge in [-0.25, -0.2) is 0 Å². The Kier molecular flexibility index (Phi) is 11.2. The molecule has 1 aromatic heterocycles. The highest BCUT2D eigenvalue weighted by Crippen LogP contribution is 2.21. The molecule has 0 aliphatic heterocycles. The fourth-order valence-corrected chi connectivity index (χ4v) is 2.60. The zero-order valence-electron chi connectivity index (χ0n) is 16.6. The first kappa shape index (κ1) is 23.9. The molecule has 0 amide bonds. The van der Waals surface area contributed by atoms with Gasteiger partial charge in [0, 0.05) is 25.8 Å². The van der Waals surface area contributed by atoms with Crippen molar-refractivity contribution in [1.29, 1.82) is 0 Å². The van der Waals surface area contributed by atoms with Crippen LogP contribution in [0.15, 0.2) is 41.4 Å². The maximum absolute atomic E-state index is 9.65. The van der Waals surface area contributed by atoms with Crippen molar-refractivity contribution in [2.45, 2.75) is 27.2 Å². The molecule has 0 aliphatic carbocycles. The number of anilines is 1. The highest BCUT2D eigenvalue weighted by molar-refractivity contribution is 7.80. The van der Waals surface area contributed by atoms with Gasteiger partial charge in [-0.3, -0.25) is 15.3 Å². The van der Waals surface area contributed by atoms with E-state index in [0.29, 0.717) is 46.7 Å². The van der Waals surface area contributed by atoms with Gasteiger partial charge in [0.1, 0.15) is 11.5 Å². The van der Waals surface area contributed by atoms with Crippen LogP contribution in [0.4, 0.5) is 5.69 Å². The molecular weight excluding hydrogens is 396 g/mol. The lowest BCUT2D eigenvalue weighted by molar-refractivity contribution is 0.318. The number of pyridine rings is 1. The number of halogens is 1. The zero-order chi connectivity index (χ0) is 20.9. The third-order valence-electron chi connectivity index (χ3n) is 3.89. The standard InChI is InChI=1S/C19H29ClN6OS/c1-4-7-14(27)9-12-26(6-3)13-11-23-19(28)25-24-16(5-2)18-17(21)15(20)8-10-22-18/h4,7-10,27H,5-6,11-13,21H2,1-3H3,(H2,23,25,28)/b7-4-,14-9+,24-16-.